The number of hydrogen-bond acceptors (Lipinski definition) is 4. The first kappa shape index (κ1) is 11.2. The summed E-state index contributed by atoms with van der Waals surface area (Å²) < 4.78 is 0. The molecule has 1 unspecified atom stereocenters. The van der Waals surface area contributed by atoms with E-state index in [1.165, 1.54) is 11.3 Å². The first-order valence-corrected chi connectivity index (χ1v) is 5.41. The van der Waals surface area contributed by atoms with E-state index < -0.39 is 0 Å². The minimum Gasteiger partial charge on any atom is -0.396 e. The van der Waals surface area contributed by atoms with Gasteiger partial charge in [-0.25, -0.2) is 0 Å². The number of nitriles is 1. The molecule has 0 amide bonds. The van der Waals surface area contributed by atoms with E-state index >= 15 is 0 Å². The predicted molar refractivity (Wildman–Crippen MR) is 57.0 cm³/mol. The lowest BCUT2D eigenvalue weighted by atomic mass is 10.2. The maximum absolute atomic E-state index is 8.70. The molecule has 0 aliphatic carbocycles. The van der Waals surface area contributed by atoms with E-state index in [1.54, 1.807) is 0 Å². The smallest absolute Gasteiger partial charge is 0.110 e. The minimum atomic E-state index is 0.210. The van der Waals surface area contributed by atoms with Gasteiger partial charge in [-0.3, -0.25) is 0 Å². The largest absolute Gasteiger partial charge is 0.396 e. The maximum atomic E-state index is 8.70. The van der Waals surface area contributed by atoms with Crippen molar-refractivity contribution in [2.24, 2.45) is 0 Å². The molecule has 0 bridgehead atoms. The van der Waals surface area contributed by atoms with E-state index in [1.807, 2.05) is 19.1 Å². The highest BCUT2D eigenvalue weighted by atomic mass is 32.1. The Kier molecular flexibility index (Phi) is 4.60. The molecule has 0 aromatic carbocycles. The van der Waals surface area contributed by atoms with Gasteiger partial charge >= 0.3 is 0 Å². The Labute approximate surface area is 88.0 Å². The number of nitrogens with zero attached hydrogens (tertiary/aromatic N) is 1. The van der Waals surface area contributed by atoms with Gasteiger partial charge in [0.1, 0.15) is 10.9 Å². The molecule has 1 aromatic rings. The number of aliphatic hydroxyl groups is 1. The van der Waals surface area contributed by atoms with Crippen LogP contribution in [0.2, 0.25) is 0 Å². The van der Waals surface area contributed by atoms with Crippen molar-refractivity contribution >= 4 is 11.3 Å². The van der Waals surface area contributed by atoms with Crippen molar-refractivity contribution in [2.75, 3.05) is 6.61 Å². The summed E-state index contributed by atoms with van der Waals surface area (Å²) >= 11 is 1.51. The fourth-order valence-corrected chi connectivity index (χ4v) is 1.86. The maximum Gasteiger partial charge on any atom is 0.110 e. The number of hydrogen-bond donors (Lipinski definition) is 2. The molecule has 1 atom stereocenters. The van der Waals surface area contributed by atoms with Gasteiger partial charge in [-0.1, -0.05) is 0 Å². The van der Waals surface area contributed by atoms with Gasteiger partial charge in [0.2, 0.25) is 0 Å². The number of rotatable bonds is 5. The zero-order valence-corrected chi connectivity index (χ0v) is 8.97. The predicted octanol–water partition coefficient (Wildman–Crippen LogP) is 1.48. The van der Waals surface area contributed by atoms with E-state index in [9.17, 15) is 0 Å². The molecule has 0 saturated heterocycles. The molecule has 1 aromatic heterocycles. The molecule has 0 radical (unpaired) electrons. The summed E-state index contributed by atoms with van der Waals surface area (Å²) in [4.78, 5) is 1.91. The number of nitrogens with one attached hydrogen (secondary N) is 1. The molecule has 2 N–H and O–H groups in total. The van der Waals surface area contributed by atoms with Crippen LogP contribution in [0.1, 0.15) is 23.1 Å². The lowest BCUT2D eigenvalue weighted by molar-refractivity contribution is 0.269. The van der Waals surface area contributed by atoms with Crippen LogP contribution in [0.3, 0.4) is 0 Å². The highest BCUT2D eigenvalue weighted by molar-refractivity contribution is 7.12. The molecule has 0 aliphatic rings. The van der Waals surface area contributed by atoms with Gasteiger partial charge < -0.3 is 10.4 Å². The fraction of sp³-hybridized carbons (Fsp3) is 0.500. The summed E-state index contributed by atoms with van der Waals surface area (Å²) in [6, 6.07) is 6.22. The molecular formula is C10H14N2OS. The number of aliphatic hydroxyl groups excluding tert-OH is 1. The summed E-state index contributed by atoms with van der Waals surface area (Å²) in [6.07, 6.45) is 0.760. The van der Waals surface area contributed by atoms with Crippen LogP contribution in [-0.4, -0.2) is 17.8 Å². The molecule has 3 nitrogen and oxygen atoms in total. The zero-order chi connectivity index (χ0) is 10.4. The quantitative estimate of drug-likeness (QED) is 0.774. The van der Waals surface area contributed by atoms with Crippen molar-refractivity contribution in [1.29, 1.82) is 5.26 Å². The van der Waals surface area contributed by atoms with Crippen LogP contribution in [0.25, 0.3) is 0 Å². The molecule has 1 heterocycles. The first-order valence-electron chi connectivity index (χ1n) is 4.59. The van der Waals surface area contributed by atoms with Crippen LogP contribution in [0.5, 0.6) is 0 Å². The van der Waals surface area contributed by atoms with Crippen molar-refractivity contribution in [3.63, 3.8) is 0 Å². The SMILES string of the molecule is CC(CCO)NCc1ccc(C#N)s1. The second-order valence-corrected chi connectivity index (χ2v) is 4.34. The molecule has 0 aliphatic heterocycles. The van der Waals surface area contributed by atoms with Gasteiger partial charge in [0.15, 0.2) is 0 Å². The average molecular weight is 210 g/mol. The molecule has 0 saturated carbocycles. The second-order valence-electron chi connectivity index (χ2n) is 3.17. The molecule has 4 heteroatoms. The number of thiophene rings is 1. The van der Waals surface area contributed by atoms with Crippen LogP contribution < -0.4 is 5.32 Å². The third-order valence-corrected chi connectivity index (χ3v) is 2.95. The Balaban J connectivity index is 2.35. The third kappa shape index (κ3) is 3.46. The highest BCUT2D eigenvalue weighted by Gasteiger charge is 2.02. The minimum absolute atomic E-state index is 0.210. The van der Waals surface area contributed by atoms with Crippen molar-refractivity contribution in [1.82, 2.24) is 5.32 Å². The molecule has 76 valence electrons. The summed E-state index contributed by atoms with van der Waals surface area (Å²) in [5.74, 6) is 0. The lowest BCUT2D eigenvalue weighted by Crippen LogP contribution is -2.25. The summed E-state index contributed by atoms with van der Waals surface area (Å²) in [7, 11) is 0. The molecule has 0 fully saturated rings. The Morgan fingerprint density at radius 1 is 1.64 bits per heavy atom. The average Bonchev–Trinajstić information content (AvgIpc) is 2.63. The van der Waals surface area contributed by atoms with Gasteiger partial charge in [-0.15, -0.1) is 11.3 Å². The summed E-state index contributed by atoms with van der Waals surface area (Å²) in [5, 5.41) is 20.6. The van der Waals surface area contributed by atoms with Crippen LogP contribution in [0.4, 0.5) is 0 Å². The Morgan fingerprint density at radius 2 is 2.43 bits per heavy atom. The summed E-state index contributed by atoms with van der Waals surface area (Å²) in [5.41, 5.74) is 0. The summed E-state index contributed by atoms with van der Waals surface area (Å²) in [6.45, 7) is 3.02. The van der Waals surface area contributed by atoms with Gasteiger partial charge in [-0.05, 0) is 25.5 Å². The van der Waals surface area contributed by atoms with Gasteiger partial charge in [-0.2, -0.15) is 5.26 Å². The Morgan fingerprint density at radius 3 is 3.00 bits per heavy atom. The van der Waals surface area contributed by atoms with Crippen molar-refractivity contribution in [3.8, 4) is 6.07 Å². The van der Waals surface area contributed by atoms with Crippen LogP contribution in [-0.2, 0) is 6.54 Å². The Hall–Kier alpha value is -0.890. The van der Waals surface area contributed by atoms with Crippen LogP contribution >= 0.6 is 11.3 Å². The van der Waals surface area contributed by atoms with Crippen molar-refractivity contribution in [3.05, 3.63) is 21.9 Å². The van der Waals surface area contributed by atoms with Gasteiger partial charge in [0, 0.05) is 24.1 Å². The van der Waals surface area contributed by atoms with E-state index in [0.717, 1.165) is 22.7 Å². The van der Waals surface area contributed by atoms with Gasteiger partial charge in [0.25, 0.3) is 0 Å². The van der Waals surface area contributed by atoms with Crippen molar-refractivity contribution < 1.29 is 5.11 Å². The monoisotopic (exact) mass is 210 g/mol. The van der Waals surface area contributed by atoms with E-state index in [0.29, 0.717) is 6.04 Å². The van der Waals surface area contributed by atoms with Gasteiger partial charge in [0.05, 0.1) is 0 Å². The molecule has 14 heavy (non-hydrogen) atoms. The molecule has 0 spiro atoms. The topological polar surface area (TPSA) is 56.0 Å². The zero-order valence-electron chi connectivity index (χ0n) is 8.16. The van der Waals surface area contributed by atoms with Crippen LogP contribution in [0.15, 0.2) is 12.1 Å². The van der Waals surface area contributed by atoms with Crippen LogP contribution in [0, 0.1) is 11.3 Å². The fourth-order valence-electron chi connectivity index (χ4n) is 1.10. The standard InChI is InChI=1S/C10H14N2OS/c1-8(4-5-13)12-7-10-3-2-9(6-11)14-10/h2-3,8,12-13H,4-5,7H2,1H3. The molecular weight excluding hydrogens is 196 g/mol. The van der Waals surface area contributed by atoms with E-state index in [2.05, 4.69) is 11.4 Å². The normalized spacial score (nSPS) is 12.4. The third-order valence-electron chi connectivity index (χ3n) is 1.96. The Bertz CT molecular complexity index is 316. The first-order chi connectivity index (χ1) is 6.76. The molecule has 1 rings (SSSR count). The van der Waals surface area contributed by atoms with E-state index in [4.69, 9.17) is 10.4 Å². The van der Waals surface area contributed by atoms with E-state index in [-0.39, 0.29) is 6.61 Å². The van der Waals surface area contributed by atoms with Crippen molar-refractivity contribution in [2.45, 2.75) is 25.9 Å². The lowest BCUT2D eigenvalue weighted by Gasteiger charge is -2.10. The second kappa shape index (κ2) is 5.76. The highest BCUT2D eigenvalue weighted by Crippen LogP contribution is 2.14.